The second-order valence-corrected chi connectivity index (χ2v) is 7.94. The van der Waals surface area contributed by atoms with Crippen molar-refractivity contribution in [2.45, 2.75) is 25.7 Å². The lowest BCUT2D eigenvalue weighted by Crippen LogP contribution is -2.29. The number of nitrogens with zero attached hydrogens (tertiary/aromatic N) is 1. The minimum absolute atomic E-state index is 1.03. The van der Waals surface area contributed by atoms with E-state index in [-0.39, 0.29) is 0 Å². The third-order valence-corrected chi connectivity index (χ3v) is 6.21. The van der Waals surface area contributed by atoms with Crippen LogP contribution in [0.5, 0.6) is 0 Å². The third-order valence-electron chi connectivity index (χ3n) is 5.01. The number of likely N-dealkylation sites (tertiary alicyclic amines) is 1. The van der Waals surface area contributed by atoms with E-state index in [1.54, 1.807) is 0 Å². The minimum Gasteiger partial charge on any atom is -0.300 e. The SMILES string of the molecule is C(=CCN1CCCCC1)Cc1sc2ccccc2c1-c1ccccc1. The van der Waals surface area contributed by atoms with E-state index in [0.717, 1.165) is 13.0 Å². The van der Waals surface area contributed by atoms with Crippen molar-refractivity contribution in [3.05, 3.63) is 71.6 Å². The number of thiophene rings is 1. The van der Waals surface area contributed by atoms with Gasteiger partial charge in [-0.25, -0.2) is 0 Å². The summed E-state index contributed by atoms with van der Waals surface area (Å²) >= 11 is 1.94. The van der Waals surface area contributed by atoms with Gasteiger partial charge in [0.05, 0.1) is 0 Å². The van der Waals surface area contributed by atoms with Gasteiger partial charge in [0, 0.05) is 33.5 Å². The Morgan fingerprint density at radius 1 is 0.840 bits per heavy atom. The summed E-state index contributed by atoms with van der Waals surface area (Å²) < 4.78 is 1.39. The zero-order valence-electron chi connectivity index (χ0n) is 14.7. The van der Waals surface area contributed by atoms with Crippen LogP contribution < -0.4 is 0 Å². The van der Waals surface area contributed by atoms with Crippen LogP contribution in [0, 0.1) is 0 Å². The zero-order chi connectivity index (χ0) is 16.9. The number of benzene rings is 2. The smallest absolute Gasteiger partial charge is 0.0352 e. The minimum atomic E-state index is 1.03. The van der Waals surface area contributed by atoms with Gasteiger partial charge < -0.3 is 0 Å². The van der Waals surface area contributed by atoms with Gasteiger partial charge in [-0.3, -0.25) is 4.90 Å². The Morgan fingerprint density at radius 2 is 1.60 bits per heavy atom. The standard InChI is InChI=1S/C23H25NS/c1-3-11-19(12-4-1)23-20-13-5-6-14-21(20)25-22(23)15-7-10-18-24-16-8-2-9-17-24/h1,3-7,10-14H,2,8-9,15-18H2. The van der Waals surface area contributed by atoms with Gasteiger partial charge in [0.25, 0.3) is 0 Å². The summed E-state index contributed by atoms with van der Waals surface area (Å²) in [5.74, 6) is 0. The van der Waals surface area contributed by atoms with E-state index in [4.69, 9.17) is 0 Å². The van der Waals surface area contributed by atoms with Crippen molar-refractivity contribution in [2.75, 3.05) is 19.6 Å². The summed E-state index contributed by atoms with van der Waals surface area (Å²) in [5, 5.41) is 1.39. The van der Waals surface area contributed by atoms with Gasteiger partial charge in [0.2, 0.25) is 0 Å². The maximum Gasteiger partial charge on any atom is 0.0352 e. The molecule has 1 fully saturated rings. The van der Waals surface area contributed by atoms with E-state index in [1.165, 1.54) is 58.4 Å². The first-order valence-electron chi connectivity index (χ1n) is 9.35. The molecular formula is C23H25NS. The zero-order valence-corrected chi connectivity index (χ0v) is 15.5. The molecule has 1 saturated heterocycles. The highest BCUT2D eigenvalue weighted by Gasteiger charge is 2.12. The van der Waals surface area contributed by atoms with Crippen LogP contribution in [0.4, 0.5) is 0 Å². The van der Waals surface area contributed by atoms with Crippen molar-refractivity contribution in [1.29, 1.82) is 0 Å². The quantitative estimate of drug-likeness (QED) is 0.500. The van der Waals surface area contributed by atoms with E-state index in [2.05, 4.69) is 71.6 Å². The fraction of sp³-hybridized carbons (Fsp3) is 0.304. The molecule has 1 nitrogen and oxygen atoms in total. The molecule has 1 aliphatic rings. The Bertz CT molecular complexity index is 841. The number of rotatable bonds is 5. The fourth-order valence-corrected chi connectivity index (χ4v) is 4.92. The molecule has 0 saturated carbocycles. The molecule has 128 valence electrons. The van der Waals surface area contributed by atoms with Gasteiger partial charge in [0.1, 0.15) is 0 Å². The van der Waals surface area contributed by atoms with Crippen molar-refractivity contribution in [3.8, 4) is 11.1 Å². The maximum absolute atomic E-state index is 2.57. The Kier molecular flexibility index (Phi) is 5.29. The van der Waals surface area contributed by atoms with E-state index in [1.807, 2.05) is 11.3 Å². The Morgan fingerprint density at radius 3 is 2.44 bits per heavy atom. The molecule has 2 heterocycles. The van der Waals surface area contributed by atoms with Crippen LogP contribution in [0.2, 0.25) is 0 Å². The number of hydrogen-bond donors (Lipinski definition) is 0. The first-order chi connectivity index (χ1) is 12.4. The summed E-state index contributed by atoms with van der Waals surface area (Å²) in [4.78, 5) is 4.05. The van der Waals surface area contributed by atoms with Gasteiger partial charge in [-0.05, 0) is 37.6 Å². The molecule has 0 atom stereocenters. The molecule has 0 N–H and O–H groups in total. The molecule has 0 spiro atoms. The van der Waals surface area contributed by atoms with Crippen molar-refractivity contribution in [3.63, 3.8) is 0 Å². The lowest BCUT2D eigenvalue weighted by molar-refractivity contribution is 0.251. The van der Waals surface area contributed by atoms with Crippen molar-refractivity contribution >= 4 is 21.4 Å². The highest BCUT2D eigenvalue weighted by Crippen LogP contribution is 2.39. The van der Waals surface area contributed by atoms with Gasteiger partial charge in [0.15, 0.2) is 0 Å². The van der Waals surface area contributed by atoms with Crippen molar-refractivity contribution in [2.24, 2.45) is 0 Å². The Labute approximate surface area is 154 Å². The predicted molar refractivity (Wildman–Crippen MR) is 110 cm³/mol. The fourth-order valence-electron chi connectivity index (χ4n) is 3.72. The third kappa shape index (κ3) is 3.86. The van der Waals surface area contributed by atoms with Crippen LogP contribution in [0.25, 0.3) is 21.2 Å². The number of allylic oxidation sites excluding steroid dienone is 1. The molecule has 3 aromatic rings. The summed E-state index contributed by atoms with van der Waals surface area (Å²) in [6, 6.07) is 19.6. The van der Waals surface area contributed by atoms with Crippen LogP contribution >= 0.6 is 11.3 Å². The van der Waals surface area contributed by atoms with Crippen LogP contribution in [0.1, 0.15) is 24.1 Å². The van der Waals surface area contributed by atoms with E-state index < -0.39 is 0 Å². The topological polar surface area (TPSA) is 3.24 Å². The average molecular weight is 348 g/mol. The van der Waals surface area contributed by atoms with Gasteiger partial charge in [-0.15, -0.1) is 11.3 Å². The van der Waals surface area contributed by atoms with E-state index in [0.29, 0.717) is 0 Å². The van der Waals surface area contributed by atoms with Crippen LogP contribution in [-0.4, -0.2) is 24.5 Å². The van der Waals surface area contributed by atoms with E-state index >= 15 is 0 Å². The van der Waals surface area contributed by atoms with E-state index in [9.17, 15) is 0 Å². The predicted octanol–water partition coefficient (Wildman–Crippen LogP) is 6.15. The van der Waals surface area contributed by atoms with Crippen LogP contribution in [0.15, 0.2) is 66.7 Å². The summed E-state index contributed by atoms with van der Waals surface area (Å²) in [5.41, 5.74) is 2.75. The second-order valence-electron chi connectivity index (χ2n) is 6.80. The summed E-state index contributed by atoms with van der Waals surface area (Å²) in [7, 11) is 0. The molecule has 0 unspecified atom stereocenters. The summed E-state index contributed by atoms with van der Waals surface area (Å²) in [6.45, 7) is 3.64. The van der Waals surface area contributed by atoms with Gasteiger partial charge >= 0.3 is 0 Å². The monoisotopic (exact) mass is 347 g/mol. The molecule has 0 bridgehead atoms. The van der Waals surface area contributed by atoms with Crippen LogP contribution in [0.3, 0.4) is 0 Å². The van der Waals surface area contributed by atoms with Gasteiger partial charge in [-0.2, -0.15) is 0 Å². The largest absolute Gasteiger partial charge is 0.300 e. The van der Waals surface area contributed by atoms with Gasteiger partial charge in [-0.1, -0.05) is 67.1 Å². The molecule has 4 rings (SSSR count). The number of piperidine rings is 1. The molecule has 1 aromatic heterocycles. The molecular weight excluding hydrogens is 322 g/mol. The highest BCUT2D eigenvalue weighted by atomic mass is 32.1. The molecule has 0 amide bonds. The number of hydrogen-bond acceptors (Lipinski definition) is 2. The second kappa shape index (κ2) is 7.99. The molecule has 0 aliphatic carbocycles. The van der Waals surface area contributed by atoms with Crippen molar-refractivity contribution in [1.82, 2.24) is 4.90 Å². The summed E-state index contributed by atoms with van der Waals surface area (Å²) in [6.07, 6.45) is 9.89. The molecule has 0 radical (unpaired) electrons. The Balaban J connectivity index is 1.56. The first kappa shape index (κ1) is 16.6. The average Bonchev–Trinajstić information content (AvgIpc) is 3.05. The molecule has 2 aromatic carbocycles. The number of fused-ring (bicyclic) bond motifs is 1. The lowest BCUT2D eigenvalue weighted by Gasteiger charge is -2.24. The van der Waals surface area contributed by atoms with Crippen molar-refractivity contribution < 1.29 is 0 Å². The normalized spacial score (nSPS) is 16.0. The molecule has 25 heavy (non-hydrogen) atoms. The maximum atomic E-state index is 2.57. The van der Waals surface area contributed by atoms with Crippen LogP contribution in [-0.2, 0) is 6.42 Å². The Hall–Kier alpha value is -1.90. The highest BCUT2D eigenvalue weighted by molar-refractivity contribution is 7.19. The molecule has 2 heteroatoms. The first-order valence-corrected chi connectivity index (χ1v) is 10.2. The lowest BCUT2D eigenvalue weighted by atomic mass is 10.0. The molecule has 1 aliphatic heterocycles.